The van der Waals surface area contributed by atoms with Gasteiger partial charge in [0.15, 0.2) is 0 Å². The van der Waals surface area contributed by atoms with Crippen LogP contribution in [0.3, 0.4) is 0 Å². The number of nitrogens with zero attached hydrogens (tertiary/aromatic N) is 1. The van der Waals surface area contributed by atoms with Gasteiger partial charge >= 0.3 is 0 Å². The Balaban J connectivity index is 1.90. The van der Waals surface area contributed by atoms with Crippen molar-refractivity contribution in [2.75, 3.05) is 13.7 Å². The number of hydrogen-bond donors (Lipinski definition) is 1. The van der Waals surface area contributed by atoms with Gasteiger partial charge in [-0.15, -0.1) is 0 Å². The van der Waals surface area contributed by atoms with E-state index < -0.39 is 0 Å². The summed E-state index contributed by atoms with van der Waals surface area (Å²) in [6, 6.07) is 4.19. The lowest BCUT2D eigenvalue weighted by atomic mass is 10.0. The van der Waals surface area contributed by atoms with Crippen molar-refractivity contribution < 1.29 is 9.53 Å². The Hall–Kier alpha value is -1.55. The molecule has 3 unspecified atom stereocenters. The Bertz CT molecular complexity index is 556. The minimum atomic E-state index is 0.0917. The summed E-state index contributed by atoms with van der Waals surface area (Å²) >= 11 is 0. The molecule has 0 radical (unpaired) electrons. The number of aryl methyl sites for hydroxylation is 1. The lowest BCUT2D eigenvalue weighted by Crippen LogP contribution is -2.41. The number of hydrogen-bond acceptors (Lipinski definition) is 3. The highest BCUT2D eigenvalue weighted by molar-refractivity contribution is 5.95. The van der Waals surface area contributed by atoms with Gasteiger partial charge in [-0.2, -0.15) is 0 Å². The lowest BCUT2D eigenvalue weighted by Gasteiger charge is -2.27. The summed E-state index contributed by atoms with van der Waals surface area (Å²) in [6.07, 6.45) is 2.20. The van der Waals surface area contributed by atoms with Gasteiger partial charge in [0, 0.05) is 24.2 Å². The predicted molar refractivity (Wildman–Crippen MR) is 78.0 cm³/mol. The van der Waals surface area contributed by atoms with Gasteiger partial charge in [0.1, 0.15) is 5.75 Å². The Labute approximate surface area is 119 Å². The second-order valence-corrected chi connectivity index (χ2v) is 6.06. The molecule has 1 aliphatic carbocycles. The molecule has 2 N–H and O–H groups in total. The van der Waals surface area contributed by atoms with Gasteiger partial charge in [0.05, 0.1) is 7.11 Å². The number of methoxy groups -OCH3 is 1. The molecule has 4 nitrogen and oxygen atoms in total. The van der Waals surface area contributed by atoms with Crippen LogP contribution in [0.4, 0.5) is 0 Å². The summed E-state index contributed by atoms with van der Waals surface area (Å²) in [6.45, 7) is 4.83. The summed E-state index contributed by atoms with van der Waals surface area (Å²) in [4.78, 5) is 14.7. The van der Waals surface area contributed by atoms with E-state index in [2.05, 4.69) is 0 Å². The molecule has 1 aliphatic heterocycles. The standard InChI is InChI=1S/C16H22N2O2/c1-9-6-12(7-14(20-3)10(9)2)16(19)18-8-11-4-5-13(18)15(11)17/h6-7,11,13,15H,4-5,8,17H2,1-3H3. The smallest absolute Gasteiger partial charge is 0.254 e. The van der Waals surface area contributed by atoms with Crippen LogP contribution in [0.1, 0.15) is 34.3 Å². The van der Waals surface area contributed by atoms with Crippen molar-refractivity contribution in [2.24, 2.45) is 11.7 Å². The third-order valence-electron chi connectivity index (χ3n) is 5.00. The molecular formula is C16H22N2O2. The number of rotatable bonds is 2. The minimum absolute atomic E-state index is 0.0917. The third kappa shape index (κ3) is 1.90. The summed E-state index contributed by atoms with van der Waals surface area (Å²) in [5.74, 6) is 1.36. The van der Waals surface area contributed by atoms with E-state index in [1.807, 2.05) is 30.9 Å². The molecule has 0 aromatic heterocycles. The number of amides is 1. The highest BCUT2D eigenvalue weighted by Gasteiger charge is 2.46. The zero-order valence-corrected chi connectivity index (χ0v) is 12.3. The zero-order chi connectivity index (χ0) is 14.4. The van der Waals surface area contributed by atoms with Crippen molar-refractivity contribution in [1.29, 1.82) is 0 Å². The fourth-order valence-corrected chi connectivity index (χ4v) is 3.61. The van der Waals surface area contributed by atoms with Gasteiger partial charge in [-0.25, -0.2) is 0 Å². The number of benzene rings is 1. The van der Waals surface area contributed by atoms with Crippen molar-refractivity contribution in [3.63, 3.8) is 0 Å². The monoisotopic (exact) mass is 274 g/mol. The predicted octanol–water partition coefficient (Wildman–Crippen LogP) is 1.87. The van der Waals surface area contributed by atoms with Crippen LogP contribution in [0.15, 0.2) is 12.1 Å². The Morgan fingerprint density at radius 1 is 1.35 bits per heavy atom. The molecular weight excluding hydrogens is 252 g/mol. The second-order valence-electron chi connectivity index (χ2n) is 6.06. The molecule has 1 aromatic carbocycles. The van der Waals surface area contributed by atoms with E-state index >= 15 is 0 Å². The Morgan fingerprint density at radius 3 is 2.65 bits per heavy atom. The molecule has 20 heavy (non-hydrogen) atoms. The first-order valence-electron chi connectivity index (χ1n) is 7.24. The molecule has 1 aromatic rings. The number of ether oxygens (including phenoxy) is 1. The molecule has 3 atom stereocenters. The average molecular weight is 274 g/mol. The Morgan fingerprint density at radius 2 is 2.10 bits per heavy atom. The summed E-state index contributed by atoms with van der Waals surface area (Å²) < 4.78 is 5.37. The largest absolute Gasteiger partial charge is 0.496 e. The summed E-state index contributed by atoms with van der Waals surface area (Å²) in [5, 5.41) is 0. The maximum Gasteiger partial charge on any atom is 0.254 e. The van der Waals surface area contributed by atoms with Gasteiger partial charge in [-0.1, -0.05) is 0 Å². The van der Waals surface area contributed by atoms with Crippen LogP contribution < -0.4 is 10.5 Å². The molecule has 3 rings (SSSR count). The summed E-state index contributed by atoms with van der Waals surface area (Å²) in [7, 11) is 1.64. The number of nitrogens with two attached hydrogens (primary N) is 1. The number of carbonyl (C=O) groups excluding carboxylic acids is 1. The van der Waals surface area contributed by atoms with E-state index in [0.29, 0.717) is 11.5 Å². The van der Waals surface area contributed by atoms with Crippen molar-refractivity contribution in [3.05, 3.63) is 28.8 Å². The molecule has 1 amide bonds. The molecule has 1 saturated carbocycles. The third-order valence-corrected chi connectivity index (χ3v) is 5.00. The van der Waals surface area contributed by atoms with Gasteiger partial charge < -0.3 is 15.4 Å². The van der Waals surface area contributed by atoms with Gasteiger partial charge in [-0.05, 0) is 55.9 Å². The molecule has 4 heteroatoms. The van der Waals surface area contributed by atoms with Crippen molar-refractivity contribution in [1.82, 2.24) is 4.90 Å². The average Bonchev–Trinajstić information content (AvgIpc) is 2.96. The van der Waals surface area contributed by atoms with Crippen LogP contribution in [-0.4, -0.2) is 36.5 Å². The lowest BCUT2D eigenvalue weighted by molar-refractivity contribution is 0.0700. The van der Waals surface area contributed by atoms with Crippen molar-refractivity contribution >= 4 is 5.91 Å². The first-order chi connectivity index (χ1) is 9.52. The van der Waals surface area contributed by atoms with Crippen LogP contribution in [0, 0.1) is 19.8 Å². The van der Waals surface area contributed by atoms with Crippen molar-refractivity contribution in [2.45, 2.75) is 38.8 Å². The minimum Gasteiger partial charge on any atom is -0.496 e. The summed E-state index contributed by atoms with van der Waals surface area (Å²) in [5.41, 5.74) is 9.07. The number of carbonyl (C=O) groups is 1. The molecule has 0 spiro atoms. The highest BCUT2D eigenvalue weighted by atomic mass is 16.5. The molecule has 1 heterocycles. The molecule has 108 valence electrons. The molecule has 2 aliphatic rings. The SMILES string of the molecule is COc1cc(C(=O)N2CC3CCC2C3N)cc(C)c1C. The van der Waals surface area contributed by atoms with E-state index in [0.717, 1.165) is 36.3 Å². The normalized spacial score (nSPS) is 28.0. The molecule has 1 saturated heterocycles. The van der Waals surface area contributed by atoms with E-state index in [1.54, 1.807) is 7.11 Å². The first kappa shape index (κ1) is 13.4. The topological polar surface area (TPSA) is 55.6 Å². The first-order valence-corrected chi connectivity index (χ1v) is 7.24. The van der Waals surface area contributed by atoms with Crippen LogP contribution in [-0.2, 0) is 0 Å². The number of piperidine rings is 1. The number of likely N-dealkylation sites (tertiary alicyclic amines) is 1. The van der Waals surface area contributed by atoms with E-state index in [1.165, 1.54) is 0 Å². The van der Waals surface area contributed by atoms with Crippen LogP contribution in [0.2, 0.25) is 0 Å². The van der Waals surface area contributed by atoms with Crippen LogP contribution in [0.5, 0.6) is 5.75 Å². The fraction of sp³-hybridized carbons (Fsp3) is 0.562. The van der Waals surface area contributed by atoms with Gasteiger partial charge in [-0.3, -0.25) is 4.79 Å². The zero-order valence-electron chi connectivity index (χ0n) is 12.3. The Kier molecular flexibility index (Phi) is 3.21. The quantitative estimate of drug-likeness (QED) is 0.895. The van der Waals surface area contributed by atoms with Crippen molar-refractivity contribution in [3.8, 4) is 5.75 Å². The van der Waals surface area contributed by atoms with Gasteiger partial charge in [0.2, 0.25) is 0 Å². The molecule has 2 fully saturated rings. The highest BCUT2D eigenvalue weighted by Crippen LogP contribution is 2.37. The maximum absolute atomic E-state index is 12.7. The maximum atomic E-state index is 12.7. The second kappa shape index (κ2) is 4.77. The molecule has 2 bridgehead atoms. The number of fused-ring (bicyclic) bond motifs is 2. The van der Waals surface area contributed by atoms with Crippen LogP contribution >= 0.6 is 0 Å². The van der Waals surface area contributed by atoms with E-state index in [9.17, 15) is 4.79 Å². The fourth-order valence-electron chi connectivity index (χ4n) is 3.61. The van der Waals surface area contributed by atoms with E-state index in [-0.39, 0.29) is 18.0 Å². The van der Waals surface area contributed by atoms with E-state index in [4.69, 9.17) is 10.5 Å². The van der Waals surface area contributed by atoms with Crippen LogP contribution in [0.25, 0.3) is 0 Å². The van der Waals surface area contributed by atoms with Gasteiger partial charge in [0.25, 0.3) is 5.91 Å².